The first kappa shape index (κ1) is 15.7. The van der Waals surface area contributed by atoms with Crippen LogP contribution >= 0.6 is 0 Å². The molecule has 5 heteroatoms. The number of hydrogen-bond acceptors (Lipinski definition) is 3. The predicted octanol–water partition coefficient (Wildman–Crippen LogP) is 3.49. The third-order valence-electron chi connectivity index (χ3n) is 4.10. The molecule has 3 rings (SSSR count). The number of benzene rings is 2. The quantitative estimate of drug-likeness (QED) is 0.863. The maximum absolute atomic E-state index is 13.0. The Hall–Kier alpha value is -2.14. The summed E-state index contributed by atoms with van der Waals surface area (Å²) < 4.78 is 27.2. The summed E-state index contributed by atoms with van der Waals surface area (Å²) in [5.41, 5.74) is 0.312. The highest BCUT2D eigenvalue weighted by molar-refractivity contribution is 7.89. The second-order valence-electron chi connectivity index (χ2n) is 5.58. The molecule has 0 N–H and O–H groups in total. The Morgan fingerprint density at radius 1 is 1.09 bits per heavy atom. The molecule has 0 unspecified atom stereocenters. The monoisotopic (exact) mass is 329 g/mol. The SMILES string of the molecule is CCN(C1=CCCCC1=O)S(=O)(=O)c1ccc2ccccc2c1. The lowest BCUT2D eigenvalue weighted by Gasteiger charge is -2.26. The molecule has 0 heterocycles. The maximum atomic E-state index is 13.0. The van der Waals surface area contributed by atoms with Gasteiger partial charge in [0.05, 0.1) is 10.6 Å². The Bertz CT molecular complexity index is 884. The molecule has 2 aromatic carbocycles. The van der Waals surface area contributed by atoms with E-state index in [4.69, 9.17) is 0 Å². The van der Waals surface area contributed by atoms with Crippen molar-refractivity contribution in [2.45, 2.75) is 31.1 Å². The van der Waals surface area contributed by atoms with Crippen LogP contribution in [0.15, 0.2) is 59.1 Å². The van der Waals surface area contributed by atoms with E-state index in [9.17, 15) is 13.2 Å². The van der Waals surface area contributed by atoms with E-state index >= 15 is 0 Å². The number of ketones is 1. The van der Waals surface area contributed by atoms with E-state index in [0.717, 1.165) is 23.6 Å². The molecule has 0 atom stereocenters. The van der Waals surface area contributed by atoms with E-state index in [0.29, 0.717) is 12.1 Å². The molecule has 0 saturated carbocycles. The summed E-state index contributed by atoms with van der Waals surface area (Å²) in [6.07, 6.45) is 3.68. The Kier molecular flexibility index (Phi) is 4.22. The molecule has 0 amide bonds. The van der Waals surface area contributed by atoms with Crippen molar-refractivity contribution in [1.82, 2.24) is 4.31 Å². The Morgan fingerprint density at radius 2 is 1.83 bits per heavy atom. The average molecular weight is 329 g/mol. The van der Waals surface area contributed by atoms with Crippen molar-refractivity contribution in [3.63, 3.8) is 0 Å². The maximum Gasteiger partial charge on any atom is 0.264 e. The number of hydrogen-bond donors (Lipinski definition) is 0. The fourth-order valence-corrected chi connectivity index (χ4v) is 4.45. The second kappa shape index (κ2) is 6.16. The standard InChI is InChI=1S/C18H19NO3S/c1-2-19(17-9-5-6-10-18(17)20)23(21,22)16-12-11-14-7-3-4-8-15(14)13-16/h3-4,7-9,11-13H,2,5-6,10H2,1H3. The van der Waals surface area contributed by atoms with Crippen LogP contribution in [0.5, 0.6) is 0 Å². The van der Waals surface area contributed by atoms with Gasteiger partial charge in [0, 0.05) is 13.0 Å². The molecule has 0 aromatic heterocycles. The van der Waals surface area contributed by atoms with Crippen molar-refractivity contribution >= 4 is 26.6 Å². The van der Waals surface area contributed by atoms with E-state index < -0.39 is 10.0 Å². The first-order valence-electron chi connectivity index (χ1n) is 7.79. The van der Waals surface area contributed by atoms with Gasteiger partial charge in [-0.1, -0.05) is 36.4 Å². The molecule has 120 valence electrons. The minimum Gasteiger partial charge on any atom is -0.293 e. The summed E-state index contributed by atoms with van der Waals surface area (Å²) in [4.78, 5) is 12.3. The number of carbonyl (C=O) groups excluding carboxylic acids is 1. The molecule has 0 bridgehead atoms. The van der Waals surface area contributed by atoms with E-state index in [2.05, 4.69) is 0 Å². The number of rotatable bonds is 4. The van der Waals surface area contributed by atoms with Crippen LogP contribution in [0.1, 0.15) is 26.2 Å². The molecular formula is C18H19NO3S. The van der Waals surface area contributed by atoms with Crippen molar-refractivity contribution in [3.8, 4) is 0 Å². The predicted molar refractivity (Wildman–Crippen MR) is 90.5 cm³/mol. The summed E-state index contributed by atoms with van der Waals surface area (Å²) in [5, 5.41) is 1.86. The second-order valence-corrected chi connectivity index (χ2v) is 7.45. The molecule has 2 aromatic rings. The van der Waals surface area contributed by atoms with Gasteiger partial charge in [0.1, 0.15) is 0 Å². The fourth-order valence-electron chi connectivity index (χ4n) is 2.91. The van der Waals surface area contributed by atoms with Gasteiger partial charge in [-0.05, 0) is 42.7 Å². The molecule has 0 spiro atoms. The van der Waals surface area contributed by atoms with Gasteiger partial charge >= 0.3 is 0 Å². The number of carbonyl (C=O) groups is 1. The number of Topliss-reactive ketones (excluding diaryl/α,β-unsaturated/α-hetero) is 1. The Morgan fingerprint density at radius 3 is 2.52 bits per heavy atom. The zero-order valence-electron chi connectivity index (χ0n) is 13.0. The topological polar surface area (TPSA) is 54.5 Å². The lowest BCUT2D eigenvalue weighted by atomic mass is 10.0. The van der Waals surface area contributed by atoms with Gasteiger partial charge in [0.2, 0.25) is 0 Å². The molecule has 0 fully saturated rings. The van der Waals surface area contributed by atoms with Crippen molar-refractivity contribution < 1.29 is 13.2 Å². The van der Waals surface area contributed by atoms with Crippen molar-refractivity contribution in [1.29, 1.82) is 0 Å². The number of likely N-dealkylation sites (N-methyl/N-ethyl adjacent to an activating group) is 1. The number of allylic oxidation sites excluding steroid dienone is 2. The summed E-state index contributed by atoms with van der Waals surface area (Å²) in [6, 6.07) is 12.7. The van der Waals surface area contributed by atoms with Crippen LogP contribution in [0, 0.1) is 0 Å². The third-order valence-corrected chi connectivity index (χ3v) is 5.98. The lowest BCUT2D eigenvalue weighted by molar-refractivity contribution is -0.117. The Labute approximate surface area is 136 Å². The highest BCUT2D eigenvalue weighted by Gasteiger charge is 2.29. The van der Waals surface area contributed by atoms with Gasteiger partial charge in [0.15, 0.2) is 5.78 Å². The van der Waals surface area contributed by atoms with Crippen molar-refractivity contribution in [2.24, 2.45) is 0 Å². The first-order valence-corrected chi connectivity index (χ1v) is 9.23. The average Bonchev–Trinajstić information content (AvgIpc) is 2.56. The highest BCUT2D eigenvalue weighted by Crippen LogP contribution is 2.27. The van der Waals surface area contributed by atoms with Crippen LogP contribution in [-0.4, -0.2) is 25.1 Å². The number of nitrogens with zero attached hydrogens (tertiary/aromatic N) is 1. The zero-order valence-corrected chi connectivity index (χ0v) is 13.8. The molecule has 0 saturated heterocycles. The van der Waals surface area contributed by atoms with Crippen LogP contribution in [0.2, 0.25) is 0 Å². The molecule has 0 radical (unpaired) electrons. The molecule has 23 heavy (non-hydrogen) atoms. The Balaban J connectivity index is 2.07. The van der Waals surface area contributed by atoms with Gasteiger partial charge in [-0.25, -0.2) is 8.42 Å². The van der Waals surface area contributed by atoms with Gasteiger partial charge in [-0.2, -0.15) is 0 Å². The molecule has 1 aliphatic carbocycles. The zero-order chi connectivity index (χ0) is 16.4. The molecule has 0 aliphatic heterocycles. The first-order chi connectivity index (χ1) is 11.0. The van der Waals surface area contributed by atoms with E-state index in [1.54, 1.807) is 31.2 Å². The van der Waals surface area contributed by atoms with Gasteiger partial charge in [-0.15, -0.1) is 0 Å². The van der Waals surface area contributed by atoms with Crippen molar-refractivity contribution in [2.75, 3.05) is 6.54 Å². The fraction of sp³-hybridized carbons (Fsp3) is 0.278. The van der Waals surface area contributed by atoms with Crippen LogP contribution in [0.25, 0.3) is 10.8 Å². The summed E-state index contributed by atoms with van der Waals surface area (Å²) in [7, 11) is -3.73. The molecule has 4 nitrogen and oxygen atoms in total. The van der Waals surface area contributed by atoms with Gasteiger partial charge in [0.25, 0.3) is 10.0 Å². The van der Waals surface area contributed by atoms with E-state index in [-0.39, 0.29) is 17.2 Å². The smallest absolute Gasteiger partial charge is 0.264 e. The van der Waals surface area contributed by atoms with Crippen LogP contribution in [0.3, 0.4) is 0 Å². The van der Waals surface area contributed by atoms with Crippen molar-refractivity contribution in [3.05, 3.63) is 54.2 Å². The minimum atomic E-state index is -3.73. The highest BCUT2D eigenvalue weighted by atomic mass is 32.2. The third kappa shape index (κ3) is 2.88. The number of fused-ring (bicyclic) bond motifs is 1. The van der Waals surface area contributed by atoms with Crippen LogP contribution < -0.4 is 0 Å². The van der Waals surface area contributed by atoms with Crippen LogP contribution in [0.4, 0.5) is 0 Å². The van der Waals surface area contributed by atoms with Gasteiger partial charge < -0.3 is 0 Å². The number of sulfonamides is 1. The summed E-state index contributed by atoms with van der Waals surface area (Å²) >= 11 is 0. The summed E-state index contributed by atoms with van der Waals surface area (Å²) in [5.74, 6) is -0.0949. The van der Waals surface area contributed by atoms with E-state index in [1.807, 2.05) is 24.3 Å². The lowest BCUT2D eigenvalue weighted by Crippen LogP contribution is -2.34. The molecular weight excluding hydrogens is 310 g/mol. The minimum absolute atomic E-state index is 0.0949. The summed E-state index contributed by atoms with van der Waals surface area (Å²) in [6.45, 7) is 1.99. The normalized spacial score (nSPS) is 15.5. The largest absolute Gasteiger partial charge is 0.293 e. The van der Waals surface area contributed by atoms with Gasteiger partial charge in [-0.3, -0.25) is 9.10 Å². The van der Waals surface area contributed by atoms with Crippen LogP contribution in [-0.2, 0) is 14.8 Å². The van der Waals surface area contributed by atoms with E-state index in [1.165, 1.54) is 4.31 Å². The molecule has 1 aliphatic rings.